The van der Waals surface area contributed by atoms with Gasteiger partial charge in [0, 0.05) is 37.6 Å². The van der Waals surface area contributed by atoms with Crippen molar-refractivity contribution in [2.45, 2.75) is 19.0 Å². The number of pyridine rings is 2. The molecule has 0 bridgehead atoms. The second kappa shape index (κ2) is 8.64. The van der Waals surface area contributed by atoms with Crippen LogP contribution in [0.2, 0.25) is 5.02 Å². The monoisotopic (exact) mass is 427 g/mol. The van der Waals surface area contributed by atoms with Gasteiger partial charge in [0.2, 0.25) is 5.91 Å². The second-order valence-electron chi connectivity index (χ2n) is 6.47. The van der Waals surface area contributed by atoms with Crippen molar-refractivity contribution in [2.75, 3.05) is 18.0 Å². The van der Waals surface area contributed by atoms with E-state index >= 15 is 0 Å². The van der Waals surface area contributed by atoms with E-state index in [1.807, 2.05) is 0 Å². The van der Waals surface area contributed by atoms with Gasteiger partial charge in [0.15, 0.2) is 0 Å². The smallest absolute Gasteiger partial charge is 0.355 e. The number of hydrogen-bond acceptors (Lipinski definition) is 5. The molecule has 1 saturated heterocycles. The normalized spacial score (nSPS) is 15.1. The van der Waals surface area contributed by atoms with Gasteiger partial charge in [-0.05, 0) is 31.0 Å². The molecule has 0 atom stereocenters. The number of hydrogen-bond donors (Lipinski definition) is 2. The second-order valence-corrected chi connectivity index (χ2v) is 6.88. The largest absolute Gasteiger partial charge is 0.417 e. The number of hydrazine groups is 1. The molecule has 1 aliphatic rings. The Kier molecular flexibility index (Phi) is 6.21. The number of nitrogens with one attached hydrogen (secondary N) is 2. The van der Waals surface area contributed by atoms with E-state index in [9.17, 15) is 22.8 Å². The van der Waals surface area contributed by atoms with Gasteiger partial charge in [-0.15, -0.1) is 0 Å². The minimum Gasteiger partial charge on any atom is -0.355 e. The fraction of sp³-hybridized carbons (Fsp3) is 0.333. The summed E-state index contributed by atoms with van der Waals surface area (Å²) in [6, 6.07) is 4.01. The maximum absolute atomic E-state index is 12.7. The highest BCUT2D eigenvalue weighted by Gasteiger charge is 2.33. The van der Waals surface area contributed by atoms with Gasteiger partial charge in [0.25, 0.3) is 5.91 Å². The Morgan fingerprint density at radius 2 is 1.90 bits per heavy atom. The van der Waals surface area contributed by atoms with Crippen LogP contribution < -0.4 is 15.8 Å². The lowest BCUT2D eigenvalue weighted by molar-refractivity contribution is -0.137. The maximum atomic E-state index is 12.7. The molecule has 1 aliphatic heterocycles. The Morgan fingerprint density at radius 3 is 2.48 bits per heavy atom. The highest BCUT2D eigenvalue weighted by Crippen LogP contribution is 2.34. The van der Waals surface area contributed by atoms with Gasteiger partial charge in [-0.1, -0.05) is 11.6 Å². The highest BCUT2D eigenvalue weighted by molar-refractivity contribution is 6.33. The Bertz CT molecular complexity index is 887. The number of aromatic nitrogens is 2. The van der Waals surface area contributed by atoms with Crippen molar-refractivity contribution in [3.8, 4) is 0 Å². The first kappa shape index (κ1) is 20.8. The van der Waals surface area contributed by atoms with Gasteiger partial charge in [0.1, 0.15) is 5.82 Å². The highest BCUT2D eigenvalue weighted by atomic mass is 35.5. The van der Waals surface area contributed by atoms with Gasteiger partial charge >= 0.3 is 6.18 Å². The molecule has 3 heterocycles. The van der Waals surface area contributed by atoms with Crippen molar-refractivity contribution in [3.05, 3.63) is 52.9 Å². The number of piperidine rings is 1. The van der Waals surface area contributed by atoms with Gasteiger partial charge in [-0.25, -0.2) is 4.98 Å². The van der Waals surface area contributed by atoms with Crippen LogP contribution in [0, 0.1) is 5.92 Å². The summed E-state index contributed by atoms with van der Waals surface area (Å²) in [6.45, 7) is 0.791. The predicted octanol–water partition coefficient (Wildman–Crippen LogP) is 2.83. The molecule has 3 rings (SSSR count). The zero-order chi connectivity index (χ0) is 21.0. The van der Waals surface area contributed by atoms with Gasteiger partial charge < -0.3 is 4.90 Å². The van der Waals surface area contributed by atoms with Crippen LogP contribution in [0.1, 0.15) is 28.8 Å². The topological polar surface area (TPSA) is 87.2 Å². The third-order valence-corrected chi connectivity index (χ3v) is 4.82. The molecule has 7 nitrogen and oxygen atoms in total. The lowest BCUT2D eigenvalue weighted by Crippen LogP contribution is -2.47. The van der Waals surface area contributed by atoms with Crippen LogP contribution >= 0.6 is 11.6 Å². The molecule has 0 aliphatic carbocycles. The standard InChI is InChI=1S/C18H17ClF3N5O2/c19-14-8-13(18(20,21)22)10-24-15(14)27-6-3-11(4-7-27)16(28)25-26-17(29)12-2-1-5-23-9-12/h1-2,5,8-11H,3-4,6-7H2,(H,25,28)(H,26,29). The summed E-state index contributed by atoms with van der Waals surface area (Å²) in [5.74, 6) is -0.921. The summed E-state index contributed by atoms with van der Waals surface area (Å²) in [6.07, 6.45) is 0.0113. The third kappa shape index (κ3) is 5.14. The van der Waals surface area contributed by atoms with Crippen molar-refractivity contribution >= 4 is 29.2 Å². The molecule has 2 N–H and O–H groups in total. The van der Waals surface area contributed by atoms with Crippen LogP contribution in [0.15, 0.2) is 36.8 Å². The molecule has 154 valence electrons. The summed E-state index contributed by atoms with van der Waals surface area (Å²) in [7, 11) is 0. The minimum atomic E-state index is -4.51. The molecule has 29 heavy (non-hydrogen) atoms. The van der Waals surface area contributed by atoms with Crippen LogP contribution in [-0.4, -0.2) is 34.9 Å². The summed E-state index contributed by atoms with van der Waals surface area (Å²) in [5.41, 5.74) is 4.12. The van der Waals surface area contributed by atoms with Gasteiger partial charge in [0.05, 0.1) is 16.1 Å². The number of carbonyl (C=O) groups excluding carboxylic acids is 2. The molecular formula is C18H17ClF3N5O2. The maximum Gasteiger partial charge on any atom is 0.417 e. The molecule has 2 aromatic heterocycles. The van der Waals surface area contributed by atoms with Crippen molar-refractivity contribution in [3.63, 3.8) is 0 Å². The zero-order valence-corrected chi connectivity index (χ0v) is 15.8. The molecule has 0 aromatic carbocycles. The van der Waals surface area contributed by atoms with Crippen LogP contribution in [0.4, 0.5) is 19.0 Å². The first-order valence-electron chi connectivity index (χ1n) is 8.73. The van der Waals surface area contributed by atoms with Crippen LogP contribution in [-0.2, 0) is 11.0 Å². The van der Waals surface area contributed by atoms with Crippen LogP contribution in [0.5, 0.6) is 0 Å². The minimum absolute atomic E-state index is 0.0912. The summed E-state index contributed by atoms with van der Waals surface area (Å²) < 4.78 is 38.2. The Labute approximate surface area is 169 Å². The number of halogens is 4. The molecule has 2 amide bonds. The van der Waals surface area contributed by atoms with Crippen molar-refractivity contribution in [2.24, 2.45) is 5.92 Å². The fourth-order valence-corrected chi connectivity index (χ4v) is 3.25. The summed E-state index contributed by atoms with van der Waals surface area (Å²) >= 11 is 5.97. The van der Waals surface area contributed by atoms with Gasteiger partial charge in [-0.2, -0.15) is 13.2 Å². The fourth-order valence-electron chi connectivity index (χ4n) is 2.96. The van der Waals surface area contributed by atoms with E-state index in [0.29, 0.717) is 31.5 Å². The molecule has 0 radical (unpaired) electrons. The van der Waals surface area contributed by atoms with E-state index < -0.39 is 17.6 Å². The molecule has 0 spiro atoms. The Balaban J connectivity index is 1.52. The van der Waals surface area contributed by atoms with Gasteiger partial charge in [-0.3, -0.25) is 25.4 Å². The van der Waals surface area contributed by atoms with E-state index in [1.54, 1.807) is 17.0 Å². The molecule has 0 saturated carbocycles. The molecule has 0 unspecified atom stereocenters. The summed E-state index contributed by atoms with van der Waals surface area (Å²) in [5, 5.41) is -0.0912. The number of nitrogens with zero attached hydrogens (tertiary/aromatic N) is 3. The van der Waals surface area contributed by atoms with Crippen LogP contribution in [0.25, 0.3) is 0 Å². The number of amides is 2. The lowest BCUT2D eigenvalue weighted by atomic mass is 9.96. The number of alkyl halides is 3. The Morgan fingerprint density at radius 1 is 1.17 bits per heavy atom. The van der Waals surface area contributed by atoms with E-state index in [-0.39, 0.29) is 22.7 Å². The molecule has 2 aromatic rings. The van der Waals surface area contributed by atoms with E-state index in [4.69, 9.17) is 11.6 Å². The van der Waals surface area contributed by atoms with E-state index in [0.717, 1.165) is 12.3 Å². The molecular weight excluding hydrogens is 411 g/mol. The Hall–Kier alpha value is -2.88. The molecule has 1 fully saturated rings. The quantitative estimate of drug-likeness (QED) is 0.735. The molecule has 11 heteroatoms. The summed E-state index contributed by atoms with van der Waals surface area (Å²) in [4.78, 5) is 33.6. The van der Waals surface area contributed by atoms with Crippen molar-refractivity contribution < 1.29 is 22.8 Å². The average molecular weight is 428 g/mol. The lowest BCUT2D eigenvalue weighted by Gasteiger charge is -2.32. The first-order valence-corrected chi connectivity index (χ1v) is 9.11. The predicted molar refractivity (Wildman–Crippen MR) is 99.0 cm³/mol. The van der Waals surface area contributed by atoms with E-state index in [2.05, 4.69) is 20.8 Å². The van der Waals surface area contributed by atoms with Crippen LogP contribution in [0.3, 0.4) is 0 Å². The van der Waals surface area contributed by atoms with Crippen molar-refractivity contribution in [1.82, 2.24) is 20.8 Å². The average Bonchev–Trinajstić information content (AvgIpc) is 2.72. The zero-order valence-electron chi connectivity index (χ0n) is 15.0. The SMILES string of the molecule is O=C(NNC(=O)C1CCN(c2ncc(C(F)(F)F)cc2Cl)CC1)c1cccnc1. The number of rotatable bonds is 3. The third-order valence-electron chi connectivity index (χ3n) is 4.54. The van der Waals surface area contributed by atoms with E-state index in [1.165, 1.54) is 12.4 Å². The van der Waals surface area contributed by atoms with Crippen molar-refractivity contribution in [1.29, 1.82) is 0 Å². The first-order chi connectivity index (χ1) is 13.8. The number of anilines is 1. The number of carbonyl (C=O) groups is 2.